The van der Waals surface area contributed by atoms with E-state index in [0.29, 0.717) is 19.0 Å². The molecule has 0 heterocycles. The van der Waals surface area contributed by atoms with Gasteiger partial charge in [0.1, 0.15) is 13.5 Å². The predicted molar refractivity (Wildman–Crippen MR) is 79.5 cm³/mol. The molecule has 0 saturated carbocycles. The maximum atomic E-state index is 5.45. The minimum atomic E-state index is -1.47. The summed E-state index contributed by atoms with van der Waals surface area (Å²) in [6, 6.07) is 0. The van der Waals surface area contributed by atoms with Crippen LogP contribution in [0.15, 0.2) is 0 Å². The smallest absolute Gasteiger partial charge is 0.323 e. The zero-order valence-corrected chi connectivity index (χ0v) is 14.3. The second kappa shape index (κ2) is 13.0. The Hall–Kier alpha value is 0.0169. The summed E-state index contributed by atoms with van der Waals surface area (Å²) in [6.45, 7) is 9.96. The Morgan fingerprint density at radius 2 is 1.53 bits per heavy atom. The van der Waals surface area contributed by atoms with Gasteiger partial charge in [0.05, 0.1) is 0 Å². The Bertz CT molecular complexity index is 185. The Morgan fingerprint density at radius 3 is 1.95 bits per heavy atom. The van der Waals surface area contributed by atoms with Crippen LogP contribution in [0, 0.1) is 0 Å². The van der Waals surface area contributed by atoms with Gasteiger partial charge in [0, 0.05) is 34.0 Å². The van der Waals surface area contributed by atoms with Crippen molar-refractivity contribution >= 4 is 9.28 Å². The van der Waals surface area contributed by atoms with Gasteiger partial charge in [-0.2, -0.15) is 0 Å². The van der Waals surface area contributed by atoms with E-state index in [1.165, 1.54) is 0 Å². The van der Waals surface area contributed by atoms with Crippen molar-refractivity contribution in [2.45, 2.75) is 39.2 Å². The molecule has 0 rings (SSSR count). The fraction of sp³-hybridized carbons (Fsp3) is 1.00. The lowest BCUT2D eigenvalue weighted by Gasteiger charge is -2.23. The minimum absolute atomic E-state index is 0.524. The van der Waals surface area contributed by atoms with E-state index in [0.717, 1.165) is 32.6 Å². The monoisotopic (exact) mass is 293 g/mol. The van der Waals surface area contributed by atoms with Crippen LogP contribution in [0.1, 0.15) is 33.6 Å². The molecule has 0 saturated heterocycles. The Balaban J connectivity index is 3.88. The molecular formula is C13H31NO4Si. The van der Waals surface area contributed by atoms with Crippen LogP contribution in [0.5, 0.6) is 0 Å². The largest absolute Gasteiger partial charge is 0.400 e. The van der Waals surface area contributed by atoms with Gasteiger partial charge in [-0.3, -0.25) is 4.90 Å². The first-order valence-electron chi connectivity index (χ1n) is 7.12. The van der Waals surface area contributed by atoms with Crippen molar-refractivity contribution in [2.75, 3.05) is 47.4 Å². The van der Waals surface area contributed by atoms with Crippen molar-refractivity contribution in [3.05, 3.63) is 0 Å². The van der Waals surface area contributed by atoms with E-state index in [1.54, 1.807) is 14.2 Å². The zero-order chi connectivity index (χ0) is 14.5. The summed E-state index contributed by atoms with van der Waals surface area (Å²) in [7, 11) is 2.01. The maximum Gasteiger partial charge on any atom is 0.323 e. The summed E-state index contributed by atoms with van der Waals surface area (Å²) in [5, 5.41) is 0. The first-order chi connectivity index (χ1) is 9.19. The number of ether oxygens (including phenoxy) is 2. The third-order valence-corrected chi connectivity index (χ3v) is 5.21. The van der Waals surface area contributed by atoms with E-state index < -0.39 is 9.28 Å². The number of nitrogens with zero attached hydrogens (tertiary/aromatic N) is 1. The van der Waals surface area contributed by atoms with Crippen LogP contribution < -0.4 is 0 Å². The van der Waals surface area contributed by atoms with E-state index in [-0.39, 0.29) is 0 Å². The molecule has 1 atom stereocenters. The topological polar surface area (TPSA) is 40.2 Å². The molecule has 0 spiro atoms. The highest BCUT2D eigenvalue weighted by Gasteiger charge is 2.19. The molecule has 0 aliphatic heterocycles. The van der Waals surface area contributed by atoms with Crippen molar-refractivity contribution < 1.29 is 18.3 Å². The van der Waals surface area contributed by atoms with Crippen LogP contribution >= 0.6 is 0 Å². The van der Waals surface area contributed by atoms with Crippen LogP contribution in [-0.4, -0.2) is 61.6 Å². The summed E-state index contributed by atoms with van der Waals surface area (Å²) in [4.78, 5) is 2.19. The molecular weight excluding hydrogens is 262 g/mol. The fourth-order valence-electron chi connectivity index (χ4n) is 1.94. The lowest BCUT2D eigenvalue weighted by molar-refractivity contribution is -0.0395. The van der Waals surface area contributed by atoms with Crippen molar-refractivity contribution in [2.24, 2.45) is 0 Å². The van der Waals surface area contributed by atoms with Gasteiger partial charge in [0.25, 0.3) is 0 Å². The first-order valence-corrected chi connectivity index (χ1v) is 8.73. The Morgan fingerprint density at radius 1 is 1.00 bits per heavy atom. The second-order valence-electron chi connectivity index (χ2n) is 4.60. The molecule has 0 aliphatic carbocycles. The van der Waals surface area contributed by atoms with Gasteiger partial charge in [-0.1, -0.05) is 6.92 Å². The predicted octanol–water partition coefficient (Wildman–Crippen LogP) is 1.96. The third-order valence-electron chi connectivity index (χ3n) is 3.02. The SMILES string of the molecule is CCOCN(CCCC(C)[SiH](OC)OC)COCC. The molecule has 5 nitrogen and oxygen atoms in total. The number of hydrogen-bond acceptors (Lipinski definition) is 5. The molecule has 0 bridgehead atoms. The molecule has 0 radical (unpaired) electrons. The standard InChI is InChI=1S/C13H31NO4Si/c1-6-17-11-14(12-18-7-2)10-8-9-13(3)19(15-4)16-5/h13,19H,6-12H2,1-5H3. The van der Waals surface area contributed by atoms with Crippen LogP contribution in [0.25, 0.3) is 0 Å². The summed E-state index contributed by atoms with van der Waals surface area (Å²) in [5.41, 5.74) is 0.524. The molecule has 0 N–H and O–H groups in total. The van der Waals surface area contributed by atoms with Gasteiger partial charge in [0.2, 0.25) is 0 Å². The van der Waals surface area contributed by atoms with Gasteiger partial charge in [0.15, 0.2) is 0 Å². The van der Waals surface area contributed by atoms with Gasteiger partial charge in [-0.25, -0.2) is 0 Å². The van der Waals surface area contributed by atoms with Crippen molar-refractivity contribution in [3.8, 4) is 0 Å². The lowest BCUT2D eigenvalue weighted by Crippen LogP contribution is -2.31. The fourth-order valence-corrected chi connectivity index (χ4v) is 3.57. The summed E-state index contributed by atoms with van der Waals surface area (Å²) in [5.74, 6) is 0. The number of rotatable bonds is 13. The van der Waals surface area contributed by atoms with Crippen LogP contribution in [0.2, 0.25) is 5.54 Å². The Kier molecular flexibility index (Phi) is 13.0. The second-order valence-corrected chi connectivity index (χ2v) is 7.42. The van der Waals surface area contributed by atoms with Gasteiger partial charge < -0.3 is 18.3 Å². The van der Waals surface area contributed by atoms with Crippen LogP contribution in [0.3, 0.4) is 0 Å². The molecule has 0 amide bonds. The van der Waals surface area contributed by atoms with E-state index in [1.807, 2.05) is 13.8 Å². The summed E-state index contributed by atoms with van der Waals surface area (Å²) >= 11 is 0. The molecule has 0 aromatic carbocycles. The van der Waals surface area contributed by atoms with Crippen molar-refractivity contribution in [1.29, 1.82) is 0 Å². The maximum absolute atomic E-state index is 5.45. The van der Waals surface area contributed by atoms with E-state index in [9.17, 15) is 0 Å². The Labute approximate surface area is 120 Å². The van der Waals surface area contributed by atoms with Crippen molar-refractivity contribution in [1.82, 2.24) is 4.90 Å². The van der Waals surface area contributed by atoms with Gasteiger partial charge in [-0.15, -0.1) is 0 Å². The average Bonchev–Trinajstić information content (AvgIpc) is 2.42. The van der Waals surface area contributed by atoms with E-state index >= 15 is 0 Å². The highest BCUT2D eigenvalue weighted by atomic mass is 28.3. The summed E-state index contributed by atoms with van der Waals surface area (Å²) in [6.07, 6.45) is 2.23. The molecule has 1 unspecified atom stereocenters. The quantitative estimate of drug-likeness (QED) is 0.383. The van der Waals surface area contributed by atoms with Crippen LogP contribution in [0.4, 0.5) is 0 Å². The average molecular weight is 293 g/mol. The molecule has 19 heavy (non-hydrogen) atoms. The van der Waals surface area contributed by atoms with E-state index in [2.05, 4.69) is 11.8 Å². The number of hydrogen-bond donors (Lipinski definition) is 0. The van der Waals surface area contributed by atoms with E-state index in [4.69, 9.17) is 18.3 Å². The molecule has 0 fully saturated rings. The molecule has 0 aliphatic rings. The van der Waals surface area contributed by atoms with Gasteiger partial charge in [-0.05, 0) is 32.2 Å². The lowest BCUT2D eigenvalue weighted by atomic mass is 10.2. The van der Waals surface area contributed by atoms with Crippen molar-refractivity contribution in [3.63, 3.8) is 0 Å². The molecule has 6 heteroatoms. The highest BCUT2D eigenvalue weighted by Crippen LogP contribution is 2.17. The summed E-state index contributed by atoms with van der Waals surface area (Å²) < 4.78 is 21.7. The van der Waals surface area contributed by atoms with Crippen LogP contribution in [-0.2, 0) is 18.3 Å². The van der Waals surface area contributed by atoms with Gasteiger partial charge >= 0.3 is 9.28 Å². The zero-order valence-electron chi connectivity index (χ0n) is 13.2. The molecule has 0 aromatic rings. The minimum Gasteiger partial charge on any atom is -0.400 e. The normalized spacial score (nSPS) is 13.4. The molecule has 0 aromatic heterocycles. The molecule has 116 valence electrons. The first kappa shape index (κ1) is 19.0. The highest BCUT2D eigenvalue weighted by molar-refractivity contribution is 6.46. The third kappa shape index (κ3) is 9.54.